The number of aliphatic hydroxyl groups excluding tert-OH is 1. The van der Waals surface area contributed by atoms with E-state index in [1.807, 2.05) is 0 Å². The van der Waals surface area contributed by atoms with Crippen molar-refractivity contribution in [3.8, 4) is 0 Å². The molecule has 0 unspecified atom stereocenters. The molecule has 0 aliphatic heterocycles. The first-order chi connectivity index (χ1) is 7.92. The molecule has 2 nitrogen and oxygen atoms in total. The van der Waals surface area contributed by atoms with Gasteiger partial charge in [-0.1, -0.05) is 23.7 Å². The molecule has 0 radical (unpaired) electrons. The van der Waals surface area contributed by atoms with Crippen LogP contribution in [0.5, 0.6) is 0 Å². The smallest absolute Gasteiger partial charge is 0.390 e. The van der Waals surface area contributed by atoms with Gasteiger partial charge in [0.15, 0.2) is 0 Å². The molecule has 1 aromatic rings. The summed E-state index contributed by atoms with van der Waals surface area (Å²) >= 11 is 5.67. The molecule has 0 amide bonds. The van der Waals surface area contributed by atoms with Crippen LogP contribution in [0.25, 0.3) is 0 Å². The Morgan fingerprint density at radius 2 is 1.82 bits per heavy atom. The Bertz CT molecular complexity index is 340. The van der Waals surface area contributed by atoms with Gasteiger partial charge >= 0.3 is 6.18 Å². The third kappa shape index (κ3) is 5.39. The highest BCUT2D eigenvalue weighted by Gasteiger charge is 2.32. The SMILES string of the molecule is OCCN[C@@H](CC(F)(F)F)c1ccc(Cl)cc1. The van der Waals surface area contributed by atoms with E-state index in [2.05, 4.69) is 5.32 Å². The number of hydrogen-bond donors (Lipinski definition) is 2. The highest BCUT2D eigenvalue weighted by Crippen LogP contribution is 2.29. The summed E-state index contributed by atoms with van der Waals surface area (Å²) in [6.07, 6.45) is -5.23. The summed E-state index contributed by atoms with van der Waals surface area (Å²) in [5.41, 5.74) is 0.500. The second-order valence-electron chi connectivity index (χ2n) is 3.60. The van der Waals surface area contributed by atoms with Gasteiger partial charge < -0.3 is 10.4 Å². The lowest BCUT2D eigenvalue weighted by Crippen LogP contribution is -2.28. The van der Waals surface area contributed by atoms with Crippen molar-refractivity contribution >= 4 is 11.6 Å². The molecule has 0 fully saturated rings. The summed E-state index contributed by atoms with van der Waals surface area (Å²) in [6.45, 7) is -0.0919. The van der Waals surface area contributed by atoms with E-state index >= 15 is 0 Å². The van der Waals surface area contributed by atoms with E-state index in [0.717, 1.165) is 0 Å². The largest absolute Gasteiger partial charge is 0.395 e. The van der Waals surface area contributed by atoms with Crippen molar-refractivity contribution in [1.82, 2.24) is 5.32 Å². The summed E-state index contributed by atoms with van der Waals surface area (Å²) in [4.78, 5) is 0. The van der Waals surface area contributed by atoms with Crippen LogP contribution in [0.1, 0.15) is 18.0 Å². The lowest BCUT2D eigenvalue weighted by molar-refractivity contribution is -0.140. The number of rotatable bonds is 5. The molecule has 1 aromatic carbocycles. The topological polar surface area (TPSA) is 32.3 Å². The van der Waals surface area contributed by atoms with Crippen LogP contribution in [0.15, 0.2) is 24.3 Å². The highest BCUT2D eigenvalue weighted by atomic mass is 35.5. The van der Waals surface area contributed by atoms with Crippen LogP contribution in [0.3, 0.4) is 0 Å². The molecule has 1 rings (SSSR count). The summed E-state index contributed by atoms with van der Waals surface area (Å²) in [5.74, 6) is 0. The number of hydrogen-bond acceptors (Lipinski definition) is 2. The average molecular weight is 268 g/mol. The molecule has 17 heavy (non-hydrogen) atoms. The lowest BCUT2D eigenvalue weighted by Gasteiger charge is -2.20. The van der Waals surface area contributed by atoms with E-state index < -0.39 is 18.6 Å². The number of aliphatic hydroxyl groups is 1. The van der Waals surface area contributed by atoms with Crippen LogP contribution in [0.2, 0.25) is 5.02 Å². The van der Waals surface area contributed by atoms with Crippen molar-refractivity contribution in [2.24, 2.45) is 0 Å². The van der Waals surface area contributed by atoms with Crippen LogP contribution >= 0.6 is 11.6 Å². The van der Waals surface area contributed by atoms with Gasteiger partial charge in [-0.05, 0) is 17.7 Å². The third-order valence-electron chi connectivity index (χ3n) is 2.21. The Labute approximate surface area is 102 Å². The van der Waals surface area contributed by atoms with Gasteiger partial charge in [0, 0.05) is 17.6 Å². The highest BCUT2D eigenvalue weighted by molar-refractivity contribution is 6.30. The van der Waals surface area contributed by atoms with E-state index in [1.165, 1.54) is 0 Å². The maximum Gasteiger partial charge on any atom is 0.390 e. The van der Waals surface area contributed by atoms with Crippen molar-refractivity contribution in [3.63, 3.8) is 0 Å². The third-order valence-corrected chi connectivity index (χ3v) is 2.46. The van der Waals surface area contributed by atoms with Gasteiger partial charge in [0.05, 0.1) is 13.0 Å². The van der Waals surface area contributed by atoms with Crippen LogP contribution in [0, 0.1) is 0 Å². The van der Waals surface area contributed by atoms with E-state index in [9.17, 15) is 13.2 Å². The molecule has 0 aliphatic carbocycles. The van der Waals surface area contributed by atoms with E-state index in [4.69, 9.17) is 16.7 Å². The summed E-state index contributed by atoms with van der Waals surface area (Å²) in [7, 11) is 0. The van der Waals surface area contributed by atoms with E-state index in [0.29, 0.717) is 10.6 Å². The normalized spacial score (nSPS) is 13.7. The summed E-state index contributed by atoms with van der Waals surface area (Å²) in [6, 6.07) is 5.31. The monoisotopic (exact) mass is 267 g/mol. The van der Waals surface area contributed by atoms with Gasteiger partial charge in [-0.2, -0.15) is 13.2 Å². The molecule has 1 atom stereocenters. The van der Waals surface area contributed by atoms with Crippen molar-refractivity contribution in [2.45, 2.75) is 18.6 Å². The zero-order valence-electron chi connectivity index (χ0n) is 8.97. The minimum absolute atomic E-state index is 0.114. The number of nitrogens with one attached hydrogen (secondary N) is 1. The Morgan fingerprint density at radius 3 is 2.29 bits per heavy atom. The Kier molecular flexibility index (Phi) is 5.24. The minimum atomic E-state index is -4.26. The van der Waals surface area contributed by atoms with Gasteiger partial charge in [-0.3, -0.25) is 0 Å². The molecule has 0 saturated heterocycles. The maximum absolute atomic E-state index is 12.4. The minimum Gasteiger partial charge on any atom is -0.395 e. The zero-order valence-corrected chi connectivity index (χ0v) is 9.72. The molecule has 0 bridgehead atoms. The predicted octanol–water partition coefficient (Wildman–Crippen LogP) is 2.92. The van der Waals surface area contributed by atoms with Gasteiger partial charge in [-0.25, -0.2) is 0 Å². The fourth-order valence-electron chi connectivity index (χ4n) is 1.47. The predicted molar refractivity (Wildman–Crippen MR) is 60.0 cm³/mol. The number of benzene rings is 1. The first-order valence-electron chi connectivity index (χ1n) is 5.09. The van der Waals surface area contributed by atoms with Gasteiger partial charge in [-0.15, -0.1) is 0 Å². The molecule has 0 aromatic heterocycles. The molecule has 0 spiro atoms. The number of alkyl halides is 3. The van der Waals surface area contributed by atoms with Crippen molar-refractivity contribution in [1.29, 1.82) is 0 Å². The molecule has 6 heteroatoms. The van der Waals surface area contributed by atoms with E-state index in [1.54, 1.807) is 24.3 Å². The first-order valence-corrected chi connectivity index (χ1v) is 5.46. The van der Waals surface area contributed by atoms with E-state index in [-0.39, 0.29) is 13.2 Å². The van der Waals surface area contributed by atoms with Gasteiger partial charge in [0.2, 0.25) is 0 Å². The molecule has 0 saturated carbocycles. The Morgan fingerprint density at radius 1 is 1.24 bits per heavy atom. The molecule has 0 heterocycles. The summed E-state index contributed by atoms with van der Waals surface area (Å²) in [5, 5.41) is 11.8. The standard InChI is InChI=1S/C11H13ClF3NO/c12-9-3-1-8(2-4-9)10(16-5-6-17)7-11(13,14)15/h1-4,10,16-17H,5-7H2/t10-/m0/s1. The Balaban J connectivity index is 2.78. The Hall–Kier alpha value is -0.780. The number of halogens is 4. The zero-order chi connectivity index (χ0) is 12.9. The molecular formula is C11H13ClF3NO. The van der Waals surface area contributed by atoms with Crippen molar-refractivity contribution < 1.29 is 18.3 Å². The maximum atomic E-state index is 12.4. The first kappa shape index (κ1) is 14.3. The molecular weight excluding hydrogens is 255 g/mol. The lowest BCUT2D eigenvalue weighted by atomic mass is 10.0. The average Bonchev–Trinajstić information content (AvgIpc) is 2.24. The van der Waals surface area contributed by atoms with Crippen molar-refractivity contribution in [3.05, 3.63) is 34.9 Å². The van der Waals surface area contributed by atoms with Crippen molar-refractivity contribution in [2.75, 3.05) is 13.2 Å². The summed E-state index contributed by atoms with van der Waals surface area (Å²) < 4.78 is 37.1. The van der Waals surface area contributed by atoms with Crippen LogP contribution in [-0.4, -0.2) is 24.4 Å². The fraction of sp³-hybridized carbons (Fsp3) is 0.455. The van der Waals surface area contributed by atoms with Gasteiger partial charge in [0.1, 0.15) is 0 Å². The van der Waals surface area contributed by atoms with Crippen LogP contribution in [0.4, 0.5) is 13.2 Å². The molecule has 2 N–H and O–H groups in total. The van der Waals surface area contributed by atoms with Crippen LogP contribution < -0.4 is 5.32 Å². The quantitative estimate of drug-likeness (QED) is 0.860. The second-order valence-corrected chi connectivity index (χ2v) is 4.04. The van der Waals surface area contributed by atoms with Gasteiger partial charge in [0.25, 0.3) is 0 Å². The van der Waals surface area contributed by atoms with Crippen LogP contribution in [-0.2, 0) is 0 Å². The molecule has 0 aliphatic rings. The molecule has 96 valence electrons. The fourth-order valence-corrected chi connectivity index (χ4v) is 1.60. The second kappa shape index (κ2) is 6.23.